The number of rotatable bonds is 7. The van der Waals surface area contributed by atoms with Crippen molar-refractivity contribution in [1.82, 2.24) is 0 Å². The van der Waals surface area contributed by atoms with Gasteiger partial charge in [0, 0.05) is 5.69 Å². The Morgan fingerprint density at radius 3 is 2.22 bits per heavy atom. The van der Waals surface area contributed by atoms with Crippen LogP contribution in [0, 0.1) is 19.7 Å². The maximum atomic E-state index is 13.4. The zero-order chi connectivity index (χ0) is 20.0. The lowest BCUT2D eigenvalue weighted by atomic mass is 10.1. The number of esters is 1. The molecule has 2 aromatic rings. The fourth-order valence-corrected chi connectivity index (χ4v) is 2.86. The smallest absolute Gasteiger partial charge is 0.362 e. The maximum absolute atomic E-state index is 13.4. The SMILES string of the molecule is Cc1cc(F)cc(C)c1NC(=O)C[N+](C)(C)CC(=O)OCc1ccccc1. The molecule has 1 amide bonds. The molecule has 27 heavy (non-hydrogen) atoms. The summed E-state index contributed by atoms with van der Waals surface area (Å²) in [5, 5.41) is 2.82. The molecule has 0 saturated heterocycles. The van der Waals surface area contributed by atoms with E-state index in [4.69, 9.17) is 4.74 Å². The molecule has 0 aromatic heterocycles. The molecule has 0 aliphatic rings. The second-order valence-corrected chi connectivity index (χ2v) is 7.36. The van der Waals surface area contributed by atoms with Gasteiger partial charge in [-0.3, -0.25) is 4.79 Å². The highest BCUT2D eigenvalue weighted by Gasteiger charge is 2.25. The molecule has 0 radical (unpaired) electrons. The quantitative estimate of drug-likeness (QED) is 0.599. The average molecular weight is 373 g/mol. The fraction of sp³-hybridized carbons (Fsp3) is 0.333. The Balaban J connectivity index is 1.89. The molecule has 6 heteroatoms. The third-order valence-electron chi connectivity index (χ3n) is 4.13. The number of hydrogen-bond donors (Lipinski definition) is 1. The molecule has 0 atom stereocenters. The lowest BCUT2D eigenvalue weighted by Gasteiger charge is -2.28. The minimum atomic E-state index is -0.370. The number of ether oxygens (including phenoxy) is 1. The van der Waals surface area contributed by atoms with E-state index in [-0.39, 0.29) is 41.9 Å². The maximum Gasteiger partial charge on any atom is 0.362 e. The number of likely N-dealkylation sites (N-methyl/N-ethyl adjacent to an activating group) is 1. The Hall–Kier alpha value is -2.73. The summed E-state index contributed by atoms with van der Waals surface area (Å²) in [7, 11) is 3.57. The molecule has 1 N–H and O–H groups in total. The summed E-state index contributed by atoms with van der Waals surface area (Å²) in [5.41, 5.74) is 2.84. The van der Waals surface area contributed by atoms with Crippen molar-refractivity contribution >= 4 is 17.6 Å². The summed E-state index contributed by atoms with van der Waals surface area (Å²) in [6.07, 6.45) is 0. The number of benzene rings is 2. The van der Waals surface area contributed by atoms with Gasteiger partial charge in [-0.25, -0.2) is 9.18 Å². The van der Waals surface area contributed by atoms with Crippen LogP contribution in [0.3, 0.4) is 0 Å². The summed E-state index contributed by atoms with van der Waals surface area (Å²) in [6.45, 7) is 3.86. The van der Waals surface area contributed by atoms with Crippen molar-refractivity contribution in [1.29, 1.82) is 0 Å². The molecular weight excluding hydrogens is 347 g/mol. The van der Waals surface area contributed by atoms with E-state index < -0.39 is 0 Å². The molecule has 0 aliphatic heterocycles. The van der Waals surface area contributed by atoms with E-state index in [2.05, 4.69) is 5.32 Å². The first-order valence-corrected chi connectivity index (χ1v) is 8.74. The van der Waals surface area contributed by atoms with Gasteiger partial charge in [0.1, 0.15) is 12.4 Å². The van der Waals surface area contributed by atoms with Crippen LogP contribution in [-0.4, -0.2) is 43.5 Å². The Labute approximate surface area is 159 Å². The average Bonchev–Trinajstić information content (AvgIpc) is 2.56. The number of nitrogens with zero attached hydrogens (tertiary/aromatic N) is 1. The van der Waals surface area contributed by atoms with E-state index in [1.165, 1.54) is 12.1 Å². The summed E-state index contributed by atoms with van der Waals surface area (Å²) in [5.74, 6) is -0.945. The normalized spacial score (nSPS) is 11.1. The van der Waals surface area contributed by atoms with Gasteiger partial charge in [0.15, 0.2) is 13.1 Å². The highest BCUT2D eigenvalue weighted by atomic mass is 19.1. The van der Waals surface area contributed by atoms with Crippen LogP contribution in [0.2, 0.25) is 0 Å². The predicted octanol–water partition coefficient (Wildman–Crippen LogP) is 3.20. The van der Waals surface area contributed by atoms with Crippen LogP contribution in [0.1, 0.15) is 16.7 Å². The minimum Gasteiger partial charge on any atom is -0.457 e. The van der Waals surface area contributed by atoms with Crippen molar-refractivity contribution in [2.24, 2.45) is 0 Å². The molecule has 0 bridgehead atoms. The molecule has 0 saturated carbocycles. The molecule has 0 fully saturated rings. The zero-order valence-electron chi connectivity index (χ0n) is 16.2. The van der Waals surface area contributed by atoms with E-state index in [1.807, 2.05) is 30.3 Å². The van der Waals surface area contributed by atoms with Gasteiger partial charge in [-0.15, -0.1) is 0 Å². The van der Waals surface area contributed by atoms with Gasteiger partial charge in [0.2, 0.25) is 0 Å². The minimum absolute atomic E-state index is 0.0711. The molecule has 5 nitrogen and oxygen atoms in total. The van der Waals surface area contributed by atoms with Crippen molar-refractivity contribution in [3.05, 3.63) is 65.0 Å². The lowest BCUT2D eigenvalue weighted by Crippen LogP contribution is -2.49. The first-order chi connectivity index (χ1) is 12.7. The summed E-state index contributed by atoms with van der Waals surface area (Å²) < 4.78 is 18.8. The van der Waals surface area contributed by atoms with Crippen molar-refractivity contribution in [2.45, 2.75) is 20.5 Å². The van der Waals surface area contributed by atoms with Crippen LogP contribution in [-0.2, 0) is 20.9 Å². The van der Waals surface area contributed by atoms with Crippen molar-refractivity contribution in [3.8, 4) is 0 Å². The van der Waals surface area contributed by atoms with Gasteiger partial charge in [0.25, 0.3) is 5.91 Å². The lowest BCUT2D eigenvalue weighted by molar-refractivity contribution is -0.874. The predicted molar refractivity (Wildman–Crippen MR) is 103 cm³/mol. The molecule has 0 heterocycles. The summed E-state index contributed by atoms with van der Waals surface area (Å²) in [4.78, 5) is 24.5. The molecule has 2 aromatic carbocycles. The van der Waals surface area contributed by atoms with Gasteiger partial charge >= 0.3 is 5.97 Å². The van der Waals surface area contributed by atoms with Crippen molar-refractivity contribution < 1.29 is 23.2 Å². The second kappa shape index (κ2) is 8.77. The number of carbonyl (C=O) groups is 2. The Morgan fingerprint density at radius 2 is 1.63 bits per heavy atom. The highest BCUT2D eigenvalue weighted by molar-refractivity contribution is 5.93. The largest absolute Gasteiger partial charge is 0.457 e. The van der Waals surface area contributed by atoms with E-state index >= 15 is 0 Å². The topological polar surface area (TPSA) is 55.4 Å². The molecule has 0 spiro atoms. The molecular formula is C21H26FN2O3+. The molecule has 0 unspecified atom stereocenters. The number of aryl methyl sites for hydroxylation is 2. The Kier molecular flexibility index (Phi) is 6.69. The van der Waals surface area contributed by atoms with Gasteiger partial charge < -0.3 is 14.5 Å². The Morgan fingerprint density at radius 1 is 1.04 bits per heavy atom. The van der Waals surface area contributed by atoms with Gasteiger partial charge in [-0.05, 0) is 42.7 Å². The van der Waals surface area contributed by atoms with Gasteiger partial charge in [-0.2, -0.15) is 0 Å². The van der Waals surface area contributed by atoms with Gasteiger partial charge in [-0.1, -0.05) is 30.3 Å². The van der Waals surface area contributed by atoms with Crippen LogP contribution in [0.4, 0.5) is 10.1 Å². The molecule has 0 aliphatic carbocycles. The number of halogens is 1. The first-order valence-electron chi connectivity index (χ1n) is 8.74. The summed E-state index contributed by atoms with van der Waals surface area (Å²) in [6, 6.07) is 12.2. The van der Waals surface area contributed by atoms with Crippen LogP contribution >= 0.6 is 0 Å². The van der Waals surface area contributed by atoms with Crippen LogP contribution in [0.5, 0.6) is 0 Å². The third-order valence-corrected chi connectivity index (χ3v) is 4.13. The monoisotopic (exact) mass is 373 g/mol. The third kappa shape index (κ3) is 6.49. The van der Waals surface area contributed by atoms with Crippen molar-refractivity contribution in [2.75, 3.05) is 32.5 Å². The van der Waals surface area contributed by atoms with E-state index in [9.17, 15) is 14.0 Å². The second-order valence-electron chi connectivity index (χ2n) is 7.36. The van der Waals surface area contributed by atoms with E-state index in [1.54, 1.807) is 27.9 Å². The Bertz CT molecular complexity index is 796. The van der Waals surface area contributed by atoms with E-state index in [0.29, 0.717) is 16.8 Å². The number of quaternary nitrogens is 1. The van der Waals surface area contributed by atoms with Gasteiger partial charge in [0.05, 0.1) is 14.1 Å². The number of nitrogens with one attached hydrogen (secondary N) is 1. The molecule has 144 valence electrons. The van der Waals surface area contributed by atoms with E-state index in [0.717, 1.165) is 5.56 Å². The van der Waals surface area contributed by atoms with Crippen LogP contribution in [0.25, 0.3) is 0 Å². The molecule has 2 rings (SSSR count). The number of carbonyl (C=O) groups excluding carboxylic acids is 2. The highest BCUT2D eigenvalue weighted by Crippen LogP contribution is 2.21. The fourth-order valence-electron chi connectivity index (χ4n) is 2.86. The van der Waals surface area contributed by atoms with Crippen LogP contribution in [0.15, 0.2) is 42.5 Å². The zero-order valence-corrected chi connectivity index (χ0v) is 16.2. The summed E-state index contributed by atoms with van der Waals surface area (Å²) >= 11 is 0. The first kappa shape index (κ1) is 20.6. The number of amides is 1. The van der Waals surface area contributed by atoms with Crippen molar-refractivity contribution in [3.63, 3.8) is 0 Å². The standard InChI is InChI=1S/C21H25FN2O3/c1-15-10-18(22)11-16(2)21(15)23-19(25)12-24(3,4)13-20(26)27-14-17-8-6-5-7-9-17/h5-11H,12-14H2,1-4H3/p+1. The van der Waals surface area contributed by atoms with Crippen LogP contribution < -0.4 is 5.32 Å². The number of anilines is 1. The number of hydrogen-bond acceptors (Lipinski definition) is 3.